The van der Waals surface area contributed by atoms with Crippen LogP contribution in [0.5, 0.6) is 0 Å². The van der Waals surface area contributed by atoms with Gasteiger partial charge in [-0.3, -0.25) is 4.79 Å². The Hall–Kier alpha value is -1.88. The minimum Gasteiger partial charge on any atom is -0.481 e. The largest absolute Gasteiger partial charge is 0.481 e. The number of esters is 1. The molecule has 0 amide bonds. The third-order valence-electron chi connectivity index (χ3n) is 2.37. The van der Waals surface area contributed by atoms with E-state index in [-0.39, 0.29) is 19.6 Å². The van der Waals surface area contributed by atoms with Crippen LogP contribution in [0.3, 0.4) is 0 Å². The predicted molar refractivity (Wildman–Crippen MR) is 64.3 cm³/mol. The fraction of sp³-hybridized carbons (Fsp3) is 0.385. The highest BCUT2D eigenvalue weighted by Gasteiger charge is 2.10. The molecule has 0 fully saturated rings. The number of ether oxygens (including phenoxy) is 1. The van der Waals surface area contributed by atoms with E-state index in [2.05, 4.69) is 0 Å². The fourth-order valence-corrected chi connectivity index (χ4v) is 1.58. The molecule has 1 rings (SSSR count). The quantitative estimate of drug-likeness (QED) is 0.747. The van der Waals surface area contributed by atoms with Crippen LogP contribution in [0.25, 0.3) is 0 Å². The maximum atomic E-state index is 11.6. The Morgan fingerprint density at radius 3 is 2.44 bits per heavy atom. The van der Waals surface area contributed by atoms with Gasteiger partial charge in [0, 0.05) is 6.42 Å². The number of carboxylic acids is 1. The molecule has 0 saturated heterocycles. The van der Waals surface area contributed by atoms with Gasteiger partial charge in [-0.25, -0.2) is 4.79 Å². The molecule has 18 heavy (non-hydrogen) atoms. The van der Waals surface area contributed by atoms with Gasteiger partial charge in [0.05, 0.1) is 18.8 Å². The lowest BCUT2D eigenvalue weighted by Crippen LogP contribution is -2.07. The zero-order valence-corrected chi connectivity index (χ0v) is 10.2. The number of aryl methyl sites for hydroxylation is 1. The first-order valence-corrected chi connectivity index (χ1v) is 5.69. The number of carbonyl (C=O) groups excluding carboxylic acids is 1. The van der Waals surface area contributed by atoms with E-state index in [1.54, 1.807) is 25.1 Å². The molecule has 1 aromatic carbocycles. The summed E-state index contributed by atoms with van der Waals surface area (Å²) in [5, 5.41) is 17.7. The standard InChI is InChI=1S/C13H16O5/c1-2-18-13(17)11-6-9(3-4-12(15)16)5-10(7-11)8-14/h5-7,14H,2-4,8H2,1H3,(H,15,16). The average Bonchev–Trinajstić information content (AvgIpc) is 2.36. The molecule has 0 heterocycles. The van der Waals surface area contributed by atoms with Crippen molar-refractivity contribution in [1.82, 2.24) is 0 Å². The minimum atomic E-state index is -0.901. The minimum absolute atomic E-state index is 0.0167. The topological polar surface area (TPSA) is 83.8 Å². The van der Waals surface area contributed by atoms with Crippen molar-refractivity contribution in [2.24, 2.45) is 0 Å². The van der Waals surface area contributed by atoms with Crippen LogP contribution in [0.1, 0.15) is 34.8 Å². The molecule has 5 nitrogen and oxygen atoms in total. The highest BCUT2D eigenvalue weighted by atomic mass is 16.5. The van der Waals surface area contributed by atoms with Crippen LogP contribution < -0.4 is 0 Å². The molecule has 0 aliphatic heterocycles. The van der Waals surface area contributed by atoms with Gasteiger partial charge in [0.15, 0.2) is 0 Å². The summed E-state index contributed by atoms with van der Waals surface area (Å²) in [6, 6.07) is 4.83. The van der Waals surface area contributed by atoms with Gasteiger partial charge in [-0.1, -0.05) is 6.07 Å². The molecule has 5 heteroatoms. The molecular weight excluding hydrogens is 236 g/mol. The second kappa shape index (κ2) is 6.76. The maximum Gasteiger partial charge on any atom is 0.338 e. The van der Waals surface area contributed by atoms with E-state index >= 15 is 0 Å². The van der Waals surface area contributed by atoms with Crippen molar-refractivity contribution in [1.29, 1.82) is 0 Å². The highest BCUT2D eigenvalue weighted by molar-refractivity contribution is 5.89. The number of aliphatic hydroxyl groups is 1. The van der Waals surface area contributed by atoms with Gasteiger partial charge in [0.2, 0.25) is 0 Å². The number of aliphatic carboxylic acids is 1. The summed E-state index contributed by atoms with van der Waals surface area (Å²) >= 11 is 0. The fourth-order valence-electron chi connectivity index (χ4n) is 1.58. The molecule has 0 saturated carbocycles. The van der Waals surface area contributed by atoms with Crippen molar-refractivity contribution in [3.05, 3.63) is 34.9 Å². The molecule has 0 aromatic heterocycles. The van der Waals surface area contributed by atoms with E-state index in [0.717, 1.165) is 0 Å². The van der Waals surface area contributed by atoms with E-state index in [9.17, 15) is 9.59 Å². The molecule has 0 bridgehead atoms. The number of hydrogen-bond donors (Lipinski definition) is 2. The van der Waals surface area contributed by atoms with Gasteiger partial charge in [0.1, 0.15) is 0 Å². The monoisotopic (exact) mass is 252 g/mol. The van der Waals surface area contributed by atoms with Crippen LogP contribution in [0.4, 0.5) is 0 Å². The summed E-state index contributed by atoms with van der Waals surface area (Å²) in [6.07, 6.45) is 0.298. The number of aliphatic hydroxyl groups excluding tert-OH is 1. The molecule has 0 aliphatic rings. The summed E-state index contributed by atoms with van der Waals surface area (Å²) < 4.78 is 4.87. The SMILES string of the molecule is CCOC(=O)c1cc(CO)cc(CCC(=O)O)c1. The summed E-state index contributed by atoms with van der Waals surface area (Å²) in [5.74, 6) is -1.37. The van der Waals surface area contributed by atoms with Gasteiger partial charge in [0.25, 0.3) is 0 Å². The Morgan fingerprint density at radius 1 is 1.22 bits per heavy atom. The summed E-state index contributed by atoms with van der Waals surface area (Å²) in [4.78, 5) is 22.1. The van der Waals surface area contributed by atoms with Crippen LogP contribution in [0.2, 0.25) is 0 Å². The molecule has 0 spiro atoms. The van der Waals surface area contributed by atoms with Crippen molar-refractivity contribution in [3.63, 3.8) is 0 Å². The zero-order chi connectivity index (χ0) is 13.5. The zero-order valence-electron chi connectivity index (χ0n) is 10.2. The Kier molecular flexibility index (Phi) is 5.32. The Morgan fingerprint density at radius 2 is 1.89 bits per heavy atom. The van der Waals surface area contributed by atoms with Crippen LogP contribution in [-0.2, 0) is 22.6 Å². The first kappa shape index (κ1) is 14.2. The second-order valence-electron chi connectivity index (χ2n) is 3.81. The molecule has 0 aliphatic carbocycles. The smallest absolute Gasteiger partial charge is 0.338 e. The second-order valence-corrected chi connectivity index (χ2v) is 3.81. The van der Waals surface area contributed by atoms with E-state index in [4.69, 9.17) is 14.9 Å². The lowest BCUT2D eigenvalue weighted by molar-refractivity contribution is -0.136. The number of carbonyl (C=O) groups is 2. The van der Waals surface area contributed by atoms with Gasteiger partial charge in [-0.15, -0.1) is 0 Å². The van der Waals surface area contributed by atoms with E-state index in [0.29, 0.717) is 23.1 Å². The summed E-state index contributed by atoms with van der Waals surface area (Å²) in [7, 11) is 0. The van der Waals surface area contributed by atoms with Crippen molar-refractivity contribution in [3.8, 4) is 0 Å². The average molecular weight is 252 g/mol. The number of carboxylic acid groups (broad SMARTS) is 1. The van der Waals surface area contributed by atoms with Crippen molar-refractivity contribution in [2.75, 3.05) is 6.61 Å². The number of rotatable bonds is 6. The normalized spacial score (nSPS) is 10.1. The van der Waals surface area contributed by atoms with Crippen LogP contribution in [0, 0.1) is 0 Å². The number of benzene rings is 1. The Labute approximate surface area is 105 Å². The van der Waals surface area contributed by atoms with Crippen LogP contribution in [-0.4, -0.2) is 28.8 Å². The first-order valence-electron chi connectivity index (χ1n) is 5.69. The van der Waals surface area contributed by atoms with Crippen molar-refractivity contribution in [2.45, 2.75) is 26.4 Å². The third kappa shape index (κ3) is 4.18. The molecule has 1 aromatic rings. The molecule has 98 valence electrons. The molecule has 0 radical (unpaired) electrons. The molecule has 0 unspecified atom stereocenters. The van der Waals surface area contributed by atoms with Gasteiger partial charge >= 0.3 is 11.9 Å². The summed E-state index contributed by atoms with van der Waals surface area (Å²) in [6.45, 7) is 1.78. The predicted octanol–water partition coefficient (Wildman–Crippen LogP) is 1.37. The first-order chi connectivity index (χ1) is 8.56. The van der Waals surface area contributed by atoms with Crippen molar-refractivity contribution < 1.29 is 24.5 Å². The summed E-state index contributed by atoms with van der Waals surface area (Å²) in [5.41, 5.74) is 1.61. The van der Waals surface area contributed by atoms with E-state index < -0.39 is 11.9 Å². The van der Waals surface area contributed by atoms with Crippen molar-refractivity contribution >= 4 is 11.9 Å². The van der Waals surface area contributed by atoms with E-state index in [1.165, 1.54) is 0 Å². The van der Waals surface area contributed by atoms with Gasteiger partial charge in [-0.2, -0.15) is 0 Å². The van der Waals surface area contributed by atoms with Crippen LogP contribution in [0.15, 0.2) is 18.2 Å². The third-order valence-corrected chi connectivity index (χ3v) is 2.37. The van der Waals surface area contributed by atoms with Gasteiger partial charge in [-0.05, 0) is 36.6 Å². The van der Waals surface area contributed by atoms with E-state index in [1.807, 2.05) is 0 Å². The maximum absolute atomic E-state index is 11.6. The Balaban J connectivity index is 2.93. The van der Waals surface area contributed by atoms with Gasteiger partial charge < -0.3 is 14.9 Å². The lowest BCUT2D eigenvalue weighted by Gasteiger charge is -2.07. The Bertz CT molecular complexity index is 439. The van der Waals surface area contributed by atoms with Crippen LogP contribution >= 0.6 is 0 Å². The highest BCUT2D eigenvalue weighted by Crippen LogP contribution is 2.13. The lowest BCUT2D eigenvalue weighted by atomic mass is 10.0. The molecular formula is C13H16O5. The molecule has 2 N–H and O–H groups in total. The number of hydrogen-bond acceptors (Lipinski definition) is 4. The molecule has 0 atom stereocenters.